The van der Waals surface area contributed by atoms with Crippen molar-refractivity contribution < 1.29 is 0 Å². The summed E-state index contributed by atoms with van der Waals surface area (Å²) in [7, 11) is 0. The third-order valence-electron chi connectivity index (χ3n) is 3.88. The summed E-state index contributed by atoms with van der Waals surface area (Å²) in [4.78, 5) is 5.14. The monoisotopic (exact) mass is 227 g/mol. The quantitative estimate of drug-likeness (QED) is 0.767. The summed E-state index contributed by atoms with van der Waals surface area (Å²) in [5, 5.41) is 0. The van der Waals surface area contributed by atoms with E-state index in [0.717, 1.165) is 6.54 Å². The van der Waals surface area contributed by atoms with Crippen LogP contribution < -0.4 is 5.73 Å². The molecule has 1 fully saturated rings. The average molecular weight is 227 g/mol. The summed E-state index contributed by atoms with van der Waals surface area (Å²) in [6, 6.07) is 0.692. The lowest BCUT2D eigenvalue weighted by Crippen LogP contribution is -2.50. The molecular weight excluding hydrogens is 198 g/mol. The van der Waals surface area contributed by atoms with Crippen molar-refractivity contribution in [1.29, 1.82) is 0 Å². The molecule has 3 heteroatoms. The van der Waals surface area contributed by atoms with Gasteiger partial charge in [0, 0.05) is 38.8 Å². The predicted molar refractivity (Wildman–Crippen MR) is 70.5 cm³/mol. The Kier molecular flexibility index (Phi) is 5.73. The van der Waals surface area contributed by atoms with Crippen LogP contribution >= 0.6 is 0 Å². The van der Waals surface area contributed by atoms with E-state index in [-0.39, 0.29) is 0 Å². The third kappa shape index (κ3) is 4.04. The van der Waals surface area contributed by atoms with E-state index in [9.17, 15) is 0 Å². The first-order valence-electron chi connectivity index (χ1n) is 6.71. The SMILES string of the molecule is CC(C)C(CN)CN1CCN(C(C)C)CC1. The molecule has 1 aliphatic heterocycles. The second kappa shape index (κ2) is 6.58. The van der Waals surface area contributed by atoms with Gasteiger partial charge in [0.2, 0.25) is 0 Å². The summed E-state index contributed by atoms with van der Waals surface area (Å²) < 4.78 is 0. The number of nitrogens with two attached hydrogens (primary N) is 1. The molecule has 0 aliphatic carbocycles. The molecular formula is C13H29N3. The van der Waals surface area contributed by atoms with E-state index in [1.54, 1.807) is 0 Å². The minimum Gasteiger partial charge on any atom is -0.330 e. The summed E-state index contributed by atoms with van der Waals surface area (Å²) in [5.74, 6) is 1.36. The fourth-order valence-corrected chi connectivity index (χ4v) is 2.35. The van der Waals surface area contributed by atoms with Crippen molar-refractivity contribution in [3.63, 3.8) is 0 Å². The first-order chi connectivity index (χ1) is 7.54. The molecule has 0 amide bonds. The van der Waals surface area contributed by atoms with E-state index in [2.05, 4.69) is 37.5 Å². The summed E-state index contributed by atoms with van der Waals surface area (Å²) in [6.45, 7) is 16.0. The molecule has 0 saturated carbocycles. The van der Waals surface area contributed by atoms with Crippen LogP contribution in [0.15, 0.2) is 0 Å². The van der Waals surface area contributed by atoms with Crippen molar-refractivity contribution in [1.82, 2.24) is 9.80 Å². The zero-order valence-corrected chi connectivity index (χ0v) is 11.4. The summed E-state index contributed by atoms with van der Waals surface area (Å²) in [6.07, 6.45) is 0. The third-order valence-corrected chi connectivity index (χ3v) is 3.88. The van der Waals surface area contributed by atoms with Gasteiger partial charge in [0.25, 0.3) is 0 Å². The zero-order chi connectivity index (χ0) is 12.1. The van der Waals surface area contributed by atoms with Crippen LogP contribution in [-0.2, 0) is 0 Å². The Morgan fingerprint density at radius 2 is 1.56 bits per heavy atom. The van der Waals surface area contributed by atoms with Gasteiger partial charge in [0.05, 0.1) is 0 Å². The van der Waals surface area contributed by atoms with Crippen LogP contribution in [0.3, 0.4) is 0 Å². The van der Waals surface area contributed by atoms with Gasteiger partial charge in [-0.15, -0.1) is 0 Å². The largest absolute Gasteiger partial charge is 0.330 e. The van der Waals surface area contributed by atoms with Crippen molar-refractivity contribution in [2.75, 3.05) is 39.3 Å². The van der Waals surface area contributed by atoms with Gasteiger partial charge in [0.1, 0.15) is 0 Å². The second-order valence-corrected chi connectivity index (χ2v) is 5.67. The van der Waals surface area contributed by atoms with Crippen LogP contribution in [0.4, 0.5) is 0 Å². The van der Waals surface area contributed by atoms with Crippen LogP contribution in [0, 0.1) is 11.8 Å². The second-order valence-electron chi connectivity index (χ2n) is 5.67. The van der Waals surface area contributed by atoms with E-state index in [1.807, 2.05) is 0 Å². The molecule has 1 unspecified atom stereocenters. The van der Waals surface area contributed by atoms with Gasteiger partial charge in [-0.05, 0) is 32.2 Å². The van der Waals surface area contributed by atoms with Crippen LogP contribution in [-0.4, -0.2) is 55.1 Å². The van der Waals surface area contributed by atoms with Crippen LogP contribution in [0.25, 0.3) is 0 Å². The average Bonchev–Trinajstić information content (AvgIpc) is 2.26. The van der Waals surface area contributed by atoms with Crippen LogP contribution in [0.5, 0.6) is 0 Å². The lowest BCUT2D eigenvalue weighted by atomic mass is 9.95. The lowest BCUT2D eigenvalue weighted by molar-refractivity contribution is 0.0912. The molecule has 1 heterocycles. The van der Waals surface area contributed by atoms with Gasteiger partial charge in [-0.25, -0.2) is 0 Å². The van der Waals surface area contributed by atoms with Gasteiger partial charge < -0.3 is 10.6 Å². The Labute approximate surface area is 101 Å². The van der Waals surface area contributed by atoms with E-state index >= 15 is 0 Å². The normalized spacial score (nSPS) is 21.9. The van der Waals surface area contributed by atoms with E-state index in [1.165, 1.54) is 32.7 Å². The standard InChI is InChI=1S/C13H29N3/c1-11(2)13(9-14)10-15-5-7-16(8-6-15)12(3)4/h11-13H,5-10,14H2,1-4H3. The molecule has 16 heavy (non-hydrogen) atoms. The number of nitrogens with zero attached hydrogens (tertiary/aromatic N) is 2. The van der Waals surface area contributed by atoms with Gasteiger partial charge in [0.15, 0.2) is 0 Å². The highest BCUT2D eigenvalue weighted by Gasteiger charge is 2.21. The summed E-state index contributed by atoms with van der Waals surface area (Å²) >= 11 is 0. The first-order valence-corrected chi connectivity index (χ1v) is 6.71. The molecule has 0 aromatic carbocycles. The Bertz CT molecular complexity index is 184. The Hall–Kier alpha value is -0.120. The molecule has 1 atom stereocenters. The van der Waals surface area contributed by atoms with Crippen molar-refractivity contribution in [3.05, 3.63) is 0 Å². The Morgan fingerprint density at radius 3 is 1.94 bits per heavy atom. The van der Waals surface area contributed by atoms with Crippen LogP contribution in [0.1, 0.15) is 27.7 Å². The zero-order valence-electron chi connectivity index (χ0n) is 11.4. The molecule has 0 spiro atoms. The maximum atomic E-state index is 5.83. The minimum absolute atomic E-state index is 0.658. The van der Waals surface area contributed by atoms with Gasteiger partial charge in [-0.2, -0.15) is 0 Å². The topological polar surface area (TPSA) is 32.5 Å². The van der Waals surface area contributed by atoms with Crippen molar-refractivity contribution >= 4 is 0 Å². The Balaban J connectivity index is 2.31. The minimum atomic E-state index is 0.658. The first kappa shape index (κ1) is 13.9. The fraction of sp³-hybridized carbons (Fsp3) is 1.00. The molecule has 1 saturated heterocycles. The highest BCUT2D eigenvalue weighted by atomic mass is 15.3. The van der Waals surface area contributed by atoms with Gasteiger partial charge >= 0.3 is 0 Å². The van der Waals surface area contributed by atoms with E-state index < -0.39 is 0 Å². The van der Waals surface area contributed by atoms with Crippen molar-refractivity contribution in [3.8, 4) is 0 Å². The highest BCUT2D eigenvalue weighted by Crippen LogP contribution is 2.13. The molecule has 0 aromatic rings. The fourth-order valence-electron chi connectivity index (χ4n) is 2.35. The predicted octanol–water partition coefficient (Wildman–Crippen LogP) is 1.24. The Morgan fingerprint density at radius 1 is 1.00 bits per heavy atom. The number of hydrogen-bond acceptors (Lipinski definition) is 3. The number of piperazine rings is 1. The molecule has 96 valence electrons. The molecule has 2 N–H and O–H groups in total. The molecule has 0 radical (unpaired) electrons. The van der Waals surface area contributed by atoms with Crippen LogP contribution in [0.2, 0.25) is 0 Å². The molecule has 3 nitrogen and oxygen atoms in total. The maximum absolute atomic E-state index is 5.83. The van der Waals surface area contributed by atoms with Gasteiger partial charge in [-0.1, -0.05) is 13.8 Å². The molecule has 0 aromatic heterocycles. The van der Waals surface area contributed by atoms with Crippen molar-refractivity contribution in [2.45, 2.75) is 33.7 Å². The lowest BCUT2D eigenvalue weighted by Gasteiger charge is -2.38. The molecule has 1 rings (SSSR count). The maximum Gasteiger partial charge on any atom is 0.0113 e. The summed E-state index contributed by atoms with van der Waals surface area (Å²) in [5.41, 5.74) is 5.83. The van der Waals surface area contributed by atoms with E-state index in [0.29, 0.717) is 17.9 Å². The highest BCUT2D eigenvalue weighted by molar-refractivity contribution is 4.77. The smallest absolute Gasteiger partial charge is 0.0113 e. The van der Waals surface area contributed by atoms with Crippen molar-refractivity contribution in [2.24, 2.45) is 17.6 Å². The number of hydrogen-bond donors (Lipinski definition) is 1. The molecule has 1 aliphatic rings. The van der Waals surface area contributed by atoms with Gasteiger partial charge in [-0.3, -0.25) is 4.90 Å². The molecule has 0 bridgehead atoms. The van der Waals surface area contributed by atoms with E-state index in [4.69, 9.17) is 5.73 Å². The number of rotatable bonds is 5.